The SMILES string of the molecule is C=CCc1cccc(/C=N\NC(=O)Cn2cnc3c(=O)n(C)c(=O)n(C)c32)c1O. The first-order chi connectivity index (χ1) is 13.8. The molecule has 0 bridgehead atoms. The minimum Gasteiger partial charge on any atom is -0.507 e. The van der Waals surface area contributed by atoms with E-state index < -0.39 is 17.2 Å². The van der Waals surface area contributed by atoms with Crippen molar-refractivity contribution in [2.75, 3.05) is 0 Å². The monoisotopic (exact) mass is 396 g/mol. The van der Waals surface area contributed by atoms with Crippen molar-refractivity contribution in [3.05, 3.63) is 69.1 Å². The first-order valence-corrected chi connectivity index (χ1v) is 8.69. The van der Waals surface area contributed by atoms with Crippen LogP contribution in [0.3, 0.4) is 0 Å². The van der Waals surface area contributed by atoms with Crippen molar-refractivity contribution in [2.45, 2.75) is 13.0 Å². The van der Waals surface area contributed by atoms with Crippen LogP contribution < -0.4 is 16.7 Å². The largest absolute Gasteiger partial charge is 0.507 e. The summed E-state index contributed by atoms with van der Waals surface area (Å²) in [6.07, 6.45) is 4.83. The molecule has 0 saturated carbocycles. The number of amides is 1. The summed E-state index contributed by atoms with van der Waals surface area (Å²) >= 11 is 0. The summed E-state index contributed by atoms with van der Waals surface area (Å²) in [5, 5.41) is 14.0. The quantitative estimate of drug-likeness (QED) is 0.345. The highest BCUT2D eigenvalue weighted by Gasteiger charge is 2.15. The zero-order valence-electron chi connectivity index (χ0n) is 16.0. The van der Waals surface area contributed by atoms with Crippen molar-refractivity contribution in [3.8, 4) is 5.75 Å². The van der Waals surface area contributed by atoms with Crippen molar-refractivity contribution >= 4 is 23.3 Å². The topological polar surface area (TPSA) is 124 Å². The molecule has 150 valence electrons. The standard InChI is InChI=1S/C19H20N6O4/c1-4-6-12-7-5-8-13(16(12)27)9-21-22-14(26)10-25-11-20-15-17(25)23(2)19(29)24(3)18(15)28/h4-5,7-9,11,27H,1,6,10H2,2-3H3,(H,22,26)/b21-9-. The summed E-state index contributed by atoms with van der Waals surface area (Å²) in [5.41, 5.74) is 2.78. The van der Waals surface area contributed by atoms with E-state index in [9.17, 15) is 19.5 Å². The van der Waals surface area contributed by atoms with E-state index in [4.69, 9.17) is 0 Å². The van der Waals surface area contributed by atoms with Crippen LogP contribution in [0.4, 0.5) is 0 Å². The lowest BCUT2D eigenvalue weighted by molar-refractivity contribution is -0.121. The highest BCUT2D eigenvalue weighted by molar-refractivity contribution is 5.86. The van der Waals surface area contributed by atoms with E-state index in [0.717, 1.165) is 4.57 Å². The van der Waals surface area contributed by atoms with Crippen LogP contribution in [0.25, 0.3) is 11.2 Å². The van der Waals surface area contributed by atoms with Gasteiger partial charge in [0.25, 0.3) is 11.5 Å². The molecule has 0 aliphatic rings. The molecular weight excluding hydrogens is 376 g/mol. The Bertz CT molecular complexity index is 1250. The first kappa shape index (κ1) is 19.8. The molecule has 0 fully saturated rings. The number of rotatable bonds is 6. The van der Waals surface area contributed by atoms with Gasteiger partial charge in [-0.2, -0.15) is 5.10 Å². The van der Waals surface area contributed by atoms with Crippen LogP contribution in [0.5, 0.6) is 5.75 Å². The zero-order valence-corrected chi connectivity index (χ0v) is 16.0. The molecular formula is C19H20N6O4. The van der Waals surface area contributed by atoms with Crippen LogP contribution in [0, 0.1) is 0 Å². The molecule has 1 aromatic carbocycles. The maximum atomic E-state index is 12.2. The number of hydrazone groups is 1. The van der Waals surface area contributed by atoms with E-state index in [1.54, 1.807) is 24.3 Å². The van der Waals surface area contributed by atoms with E-state index >= 15 is 0 Å². The van der Waals surface area contributed by atoms with Crippen LogP contribution in [0.2, 0.25) is 0 Å². The van der Waals surface area contributed by atoms with Crippen LogP contribution >= 0.6 is 0 Å². The molecule has 29 heavy (non-hydrogen) atoms. The van der Waals surface area contributed by atoms with Crippen LogP contribution in [0.15, 0.2) is 51.9 Å². The minimum atomic E-state index is -0.532. The minimum absolute atomic E-state index is 0.0665. The van der Waals surface area contributed by atoms with E-state index in [-0.39, 0.29) is 23.5 Å². The fourth-order valence-electron chi connectivity index (χ4n) is 2.95. The van der Waals surface area contributed by atoms with Crippen molar-refractivity contribution in [1.29, 1.82) is 0 Å². The van der Waals surface area contributed by atoms with Gasteiger partial charge < -0.3 is 9.67 Å². The number of aromatic hydroxyl groups is 1. The molecule has 2 N–H and O–H groups in total. The predicted octanol–water partition coefficient (Wildman–Crippen LogP) is 0.0181. The van der Waals surface area contributed by atoms with Gasteiger partial charge in [-0.3, -0.25) is 18.7 Å². The Morgan fingerprint density at radius 3 is 2.79 bits per heavy atom. The van der Waals surface area contributed by atoms with Crippen molar-refractivity contribution in [3.63, 3.8) is 0 Å². The van der Waals surface area contributed by atoms with Crippen LogP contribution in [-0.4, -0.2) is 35.9 Å². The lowest BCUT2D eigenvalue weighted by atomic mass is 10.1. The van der Waals surface area contributed by atoms with Crippen molar-refractivity contribution in [1.82, 2.24) is 24.1 Å². The molecule has 10 heteroatoms. The number of carbonyl (C=O) groups excluding carboxylic acids is 1. The predicted molar refractivity (Wildman–Crippen MR) is 108 cm³/mol. The molecule has 3 rings (SSSR count). The Morgan fingerprint density at radius 1 is 1.31 bits per heavy atom. The lowest BCUT2D eigenvalue weighted by Gasteiger charge is -2.08. The lowest BCUT2D eigenvalue weighted by Crippen LogP contribution is -2.37. The number of benzene rings is 1. The van der Waals surface area contributed by atoms with E-state index in [2.05, 4.69) is 22.1 Å². The molecule has 10 nitrogen and oxygen atoms in total. The summed E-state index contributed by atoms with van der Waals surface area (Å²) in [6.45, 7) is 3.44. The summed E-state index contributed by atoms with van der Waals surface area (Å²) in [4.78, 5) is 40.5. The summed E-state index contributed by atoms with van der Waals surface area (Å²) in [5.74, 6) is -0.424. The van der Waals surface area contributed by atoms with Gasteiger partial charge in [-0.1, -0.05) is 18.2 Å². The fourth-order valence-corrected chi connectivity index (χ4v) is 2.95. The molecule has 0 radical (unpaired) electrons. The van der Waals surface area contributed by atoms with Gasteiger partial charge in [0.05, 0.1) is 12.5 Å². The summed E-state index contributed by atoms with van der Waals surface area (Å²) in [6, 6.07) is 5.19. The van der Waals surface area contributed by atoms with E-state index in [0.29, 0.717) is 17.5 Å². The maximum Gasteiger partial charge on any atom is 0.332 e. The summed E-state index contributed by atoms with van der Waals surface area (Å²) < 4.78 is 3.60. The number of hydrogen-bond donors (Lipinski definition) is 2. The normalized spacial score (nSPS) is 11.2. The van der Waals surface area contributed by atoms with Crippen molar-refractivity contribution < 1.29 is 9.90 Å². The number of para-hydroxylation sites is 1. The van der Waals surface area contributed by atoms with Gasteiger partial charge in [0.15, 0.2) is 5.52 Å². The number of aryl methyl sites for hydroxylation is 1. The fraction of sp³-hybridized carbons (Fsp3) is 0.211. The molecule has 3 aromatic rings. The van der Waals surface area contributed by atoms with Crippen LogP contribution in [-0.2, 0) is 31.9 Å². The molecule has 0 unspecified atom stereocenters. The number of carbonyl (C=O) groups is 1. The van der Waals surface area contributed by atoms with Gasteiger partial charge in [-0.15, -0.1) is 6.58 Å². The molecule has 0 aliphatic heterocycles. The van der Waals surface area contributed by atoms with Gasteiger partial charge in [0.2, 0.25) is 0 Å². The Morgan fingerprint density at radius 2 is 2.07 bits per heavy atom. The summed E-state index contributed by atoms with van der Waals surface area (Å²) in [7, 11) is 2.86. The highest BCUT2D eigenvalue weighted by Crippen LogP contribution is 2.21. The number of phenolic OH excluding ortho intramolecular Hbond substituents is 1. The molecule has 0 atom stereocenters. The van der Waals surface area contributed by atoms with E-state index in [1.807, 2.05) is 0 Å². The van der Waals surface area contributed by atoms with E-state index in [1.165, 1.54) is 35.8 Å². The number of nitrogens with zero attached hydrogens (tertiary/aromatic N) is 5. The van der Waals surface area contributed by atoms with Gasteiger partial charge in [-0.05, 0) is 18.1 Å². The smallest absolute Gasteiger partial charge is 0.332 e. The van der Waals surface area contributed by atoms with Gasteiger partial charge >= 0.3 is 5.69 Å². The number of fused-ring (bicyclic) bond motifs is 1. The molecule has 0 spiro atoms. The van der Waals surface area contributed by atoms with Gasteiger partial charge in [0.1, 0.15) is 17.9 Å². The number of imidazole rings is 1. The molecule has 1 amide bonds. The Hall–Kier alpha value is -3.95. The first-order valence-electron chi connectivity index (χ1n) is 8.69. The molecule has 0 saturated heterocycles. The molecule has 2 aromatic heterocycles. The third kappa shape index (κ3) is 3.72. The second-order valence-electron chi connectivity index (χ2n) is 6.39. The number of aromatic nitrogens is 4. The van der Waals surface area contributed by atoms with Crippen molar-refractivity contribution in [2.24, 2.45) is 19.2 Å². The number of phenols is 1. The zero-order chi connectivity index (χ0) is 21.1. The molecule has 0 aliphatic carbocycles. The average Bonchev–Trinajstić information content (AvgIpc) is 3.11. The Balaban J connectivity index is 1.78. The van der Waals surface area contributed by atoms with Crippen LogP contribution in [0.1, 0.15) is 11.1 Å². The highest BCUT2D eigenvalue weighted by atomic mass is 16.3. The Labute approximate surface area is 165 Å². The maximum absolute atomic E-state index is 12.2. The number of allylic oxidation sites excluding steroid dienone is 1. The Kier molecular flexibility index (Phi) is 5.44. The average molecular weight is 396 g/mol. The second-order valence-corrected chi connectivity index (χ2v) is 6.39. The van der Waals surface area contributed by atoms with Gasteiger partial charge in [0, 0.05) is 19.7 Å². The second kappa shape index (κ2) is 7.97. The number of hydrogen-bond acceptors (Lipinski definition) is 6. The third-order valence-electron chi connectivity index (χ3n) is 4.43. The number of nitrogens with one attached hydrogen (secondary N) is 1. The third-order valence-corrected chi connectivity index (χ3v) is 4.43. The molecule has 2 heterocycles. The van der Waals surface area contributed by atoms with Gasteiger partial charge in [-0.25, -0.2) is 15.2 Å².